The molecule has 1 aromatic carbocycles. The number of rotatable bonds is 4. The molecule has 90 valence electrons. The molecule has 1 unspecified atom stereocenters. The number of aryl methyl sites for hydroxylation is 1. The van der Waals surface area contributed by atoms with E-state index in [1.54, 1.807) is 0 Å². The van der Waals surface area contributed by atoms with Crippen molar-refractivity contribution < 1.29 is 0 Å². The highest BCUT2D eigenvalue weighted by Gasteiger charge is 2.14. The molecule has 0 radical (unpaired) electrons. The predicted octanol–water partition coefficient (Wildman–Crippen LogP) is 3.10. The van der Waals surface area contributed by atoms with Crippen LogP contribution >= 0.6 is 15.9 Å². The standard InChI is InChI=1S/C13H16BrN3/c1-2-7-17-8-6-16-13(17)12(15)10-4-3-5-11(14)9-10/h3-6,8-9,12H,2,7,15H2,1H3. The summed E-state index contributed by atoms with van der Waals surface area (Å²) >= 11 is 3.46. The number of halogens is 1. The van der Waals surface area contributed by atoms with Crippen LogP contribution in [0.5, 0.6) is 0 Å². The predicted molar refractivity (Wildman–Crippen MR) is 72.7 cm³/mol. The summed E-state index contributed by atoms with van der Waals surface area (Å²) in [6.45, 7) is 3.10. The number of aromatic nitrogens is 2. The van der Waals surface area contributed by atoms with Crippen molar-refractivity contribution >= 4 is 15.9 Å². The molecule has 2 aromatic rings. The van der Waals surface area contributed by atoms with Gasteiger partial charge in [0.15, 0.2) is 0 Å². The lowest BCUT2D eigenvalue weighted by Gasteiger charge is -2.14. The first-order valence-corrected chi connectivity index (χ1v) is 6.53. The molecule has 0 amide bonds. The van der Waals surface area contributed by atoms with E-state index < -0.39 is 0 Å². The molecule has 0 saturated heterocycles. The maximum Gasteiger partial charge on any atom is 0.130 e. The lowest BCUT2D eigenvalue weighted by molar-refractivity contribution is 0.613. The van der Waals surface area contributed by atoms with Crippen molar-refractivity contribution in [1.82, 2.24) is 9.55 Å². The minimum absolute atomic E-state index is 0.172. The smallest absolute Gasteiger partial charge is 0.130 e. The van der Waals surface area contributed by atoms with Crippen molar-refractivity contribution in [3.05, 3.63) is 52.5 Å². The van der Waals surface area contributed by atoms with Gasteiger partial charge in [-0.25, -0.2) is 4.98 Å². The van der Waals surface area contributed by atoms with E-state index >= 15 is 0 Å². The van der Waals surface area contributed by atoms with E-state index in [-0.39, 0.29) is 6.04 Å². The van der Waals surface area contributed by atoms with E-state index in [9.17, 15) is 0 Å². The van der Waals surface area contributed by atoms with E-state index in [1.807, 2.05) is 36.7 Å². The van der Waals surface area contributed by atoms with Gasteiger partial charge in [-0.1, -0.05) is 35.0 Å². The Bertz CT molecular complexity index is 493. The molecule has 1 heterocycles. The summed E-state index contributed by atoms with van der Waals surface area (Å²) in [4.78, 5) is 4.36. The molecule has 3 nitrogen and oxygen atoms in total. The summed E-state index contributed by atoms with van der Waals surface area (Å²) in [5.41, 5.74) is 7.33. The summed E-state index contributed by atoms with van der Waals surface area (Å²) in [5.74, 6) is 0.921. The van der Waals surface area contributed by atoms with Crippen LogP contribution in [0.4, 0.5) is 0 Å². The number of imidazole rings is 1. The van der Waals surface area contributed by atoms with Crippen LogP contribution in [-0.2, 0) is 6.54 Å². The van der Waals surface area contributed by atoms with Crippen LogP contribution in [0.15, 0.2) is 41.1 Å². The average Bonchev–Trinajstić information content (AvgIpc) is 2.77. The van der Waals surface area contributed by atoms with Gasteiger partial charge in [0, 0.05) is 23.4 Å². The summed E-state index contributed by atoms with van der Waals surface area (Å²) in [6, 6.07) is 7.88. The summed E-state index contributed by atoms with van der Waals surface area (Å²) in [6.07, 6.45) is 4.87. The van der Waals surface area contributed by atoms with Gasteiger partial charge in [0.05, 0.1) is 6.04 Å². The molecule has 0 fully saturated rings. The number of nitrogens with zero attached hydrogens (tertiary/aromatic N) is 2. The minimum atomic E-state index is -0.172. The van der Waals surface area contributed by atoms with Crippen LogP contribution in [0, 0.1) is 0 Å². The zero-order valence-corrected chi connectivity index (χ0v) is 11.4. The quantitative estimate of drug-likeness (QED) is 0.941. The Hall–Kier alpha value is -1.13. The Morgan fingerprint density at radius 2 is 2.29 bits per heavy atom. The second-order valence-corrected chi connectivity index (χ2v) is 4.93. The van der Waals surface area contributed by atoms with Crippen LogP contribution in [0.1, 0.15) is 30.8 Å². The highest BCUT2D eigenvalue weighted by Crippen LogP contribution is 2.21. The fourth-order valence-electron chi connectivity index (χ4n) is 1.88. The van der Waals surface area contributed by atoms with Crippen molar-refractivity contribution in [2.45, 2.75) is 25.9 Å². The first-order valence-electron chi connectivity index (χ1n) is 5.74. The third-order valence-electron chi connectivity index (χ3n) is 2.70. The minimum Gasteiger partial charge on any atom is -0.333 e. The molecule has 4 heteroatoms. The molecule has 2 N–H and O–H groups in total. The van der Waals surface area contributed by atoms with Gasteiger partial charge in [-0.15, -0.1) is 0 Å². The fourth-order valence-corrected chi connectivity index (χ4v) is 2.30. The molecule has 1 atom stereocenters. The second-order valence-electron chi connectivity index (χ2n) is 4.01. The molecule has 0 bridgehead atoms. The first kappa shape index (κ1) is 12.3. The molecule has 0 spiro atoms. The van der Waals surface area contributed by atoms with E-state index in [2.05, 4.69) is 32.4 Å². The van der Waals surface area contributed by atoms with Crippen molar-refractivity contribution in [3.63, 3.8) is 0 Å². The van der Waals surface area contributed by atoms with Crippen molar-refractivity contribution in [1.29, 1.82) is 0 Å². The Kier molecular flexibility index (Phi) is 3.97. The Labute approximate surface area is 110 Å². The van der Waals surface area contributed by atoms with Gasteiger partial charge in [0.25, 0.3) is 0 Å². The summed E-state index contributed by atoms with van der Waals surface area (Å²) < 4.78 is 3.16. The number of hydrogen-bond acceptors (Lipinski definition) is 2. The average molecular weight is 294 g/mol. The number of benzene rings is 1. The van der Waals surface area contributed by atoms with Crippen LogP contribution in [0.25, 0.3) is 0 Å². The number of hydrogen-bond donors (Lipinski definition) is 1. The topological polar surface area (TPSA) is 43.8 Å². The maximum atomic E-state index is 6.26. The van der Waals surface area contributed by atoms with Gasteiger partial charge in [0.2, 0.25) is 0 Å². The molecule has 1 aromatic heterocycles. The SMILES string of the molecule is CCCn1ccnc1C(N)c1cccc(Br)c1. The molecular weight excluding hydrogens is 278 g/mol. The number of nitrogens with two attached hydrogens (primary N) is 1. The van der Waals surface area contributed by atoms with Crippen molar-refractivity contribution in [2.75, 3.05) is 0 Å². The van der Waals surface area contributed by atoms with Crippen LogP contribution < -0.4 is 5.73 Å². The molecule has 0 aliphatic rings. The monoisotopic (exact) mass is 293 g/mol. The van der Waals surface area contributed by atoms with Gasteiger partial charge in [-0.3, -0.25) is 0 Å². The lowest BCUT2D eigenvalue weighted by atomic mass is 10.1. The second kappa shape index (κ2) is 5.47. The lowest BCUT2D eigenvalue weighted by Crippen LogP contribution is -2.17. The summed E-state index contributed by atoms with van der Waals surface area (Å²) in [7, 11) is 0. The first-order chi connectivity index (χ1) is 8.22. The normalized spacial score (nSPS) is 12.6. The highest BCUT2D eigenvalue weighted by atomic mass is 79.9. The molecule has 0 aliphatic carbocycles. The van der Waals surface area contributed by atoms with Crippen LogP contribution in [-0.4, -0.2) is 9.55 Å². The summed E-state index contributed by atoms with van der Waals surface area (Å²) in [5, 5.41) is 0. The largest absolute Gasteiger partial charge is 0.333 e. The fraction of sp³-hybridized carbons (Fsp3) is 0.308. The molecule has 0 aliphatic heterocycles. The van der Waals surface area contributed by atoms with Gasteiger partial charge < -0.3 is 10.3 Å². The van der Waals surface area contributed by atoms with Crippen molar-refractivity contribution in [2.24, 2.45) is 5.73 Å². The van der Waals surface area contributed by atoms with Gasteiger partial charge in [-0.05, 0) is 24.1 Å². The van der Waals surface area contributed by atoms with E-state index in [0.29, 0.717) is 0 Å². The Morgan fingerprint density at radius 3 is 3.00 bits per heavy atom. The van der Waals surface area contributed by atoms with Crippen LogP contribution in [0.3, 0.4) is 0 Å². The van der Waals surface area contributed by atoms with E-state index in [0.717, 1.165) is 28.8 Å². The molecule has 17 heavy (non-hydrogen) atoms. The van der Waals surface area contributed by atoms with E-state index in [4.69, 9.17) is 5.73 Å². The molecule has 2 rings (SSSR count). The molecule has 0 saturated carbocycles. The van der Waals surface area contributed by atoms with E-state index in [1.165, 1.54) is 0 Å². The maximum absolute atomic E-state index is 6.26. The van der Waals surface area contributed by atoms with Crippen LogP contribution in [0.2, 0.25) is 0 Å². The van der Waals surface area contributed by atoms with Gasteiger partial charge in [-0.2, -0.15) is 0 Å². The zero-order chi connectivity index (χ0) is 12.3. The van der Waals surface area contributed by atoms with Crippen molar-refractivity contribution in [3.8, 4) is 0 Å². The zero-order valence-electron chi connectivity index (χ0n) is 9.81. The third-order valence-corrected chi connectivity index (χ3v) is 3.19. The van der Waals surface area contributed by atoms with Gasteiger partial charge >= 0.3 is 0 Å². The third kappa shape index (κ3) is 2.76. The Balaban J connectivity index is 2.30. The molecular formula is C13H16BrN3. The van der Waals surface area contributed by atoms with Gasteiger partial charge in [0.1, 0.15) is 5.82 Å². The Morgan fingerprint density at radius 1 is 1.47 bits per heavy atom. The highest BCUT2D eigenvalue weighted by molar-refractivity contribution is 9.10.